The molecular weight excluding hydrogens is 359 g/mol. The van der Waals surface area contributed by atoms with E-state index in [-0.39, 0.29) is 32.9 Å². The standard InChI is InChI=1S/C16H14ClFO5S/c1-3-24(20,21)14-4-5-16(15(17)9-14)23-13-7-11(18)6-12(8-13)22-10(2)19/h4-9H,3H2,1-2H3. The summed E-state index contributed by atoms with van der Waals surface area (Å²) in [5.41, 5.74) is 0. The maximum absolute atomic E-state index is 13.6. The molecule has 8 heteroatoms. The minimum Gasteiger partial charge on any atom is -0.456 e. The molecule has 0 amide bonds. The molecule has 0 aliphatic heterocycles. The van der Waals surface area contributed by atoms with Gasteiger partial charge in [-0.1, -0.05) is 18.5 Å². The fourth-order valence-corrected chi connectivity index (χ4v) is 3.06. The number of carbonyl (C=O) groups is 1. The lowest BCUT2D eigenvalue weighted by Gasteiger charge is -2.10. The number of ether oxygens (including phenoxy) is 2. The lowest BCUT2D eigenvalue weighted by molar-refractivity contribution is -0.131. The van der Waals surface area contributed by atoms with Gasteiger partial charge in [0.1, 0.15) is 23.1 Å². The fraction of sp³-hybridized carbons (Fsp3) is 0.188. The van der Waals surface area contributed by atoms with Gasteiger partial charge in [0.15, 0.2) is 9.84 Å². The molecule has 0 radical (unpaired) electrons. The summed E-state index contributed by atoms with van der Waals surface area (Å²) in [6.45, 7) is 2.71. The molecule has 5 nitrogen and oxygen atoms in total. The quantitative estimate of drug-likeness (QED) is 0.586. The normalized spacial score (nSPS) is 11.2. The lowest BCUT2D eigenvalue weighted by Crippen LogP contribution is -2.03. The molecule has 0 heterocycles. The molecule has 0 saturated heterocycles. The van der Waals surface area contributed by atoms with Crippen LogP contribution in [0.5, 0.6) is 17.2 Å². The highest BCUT2D eigenvalue weighted by atomic mass is 35.5. The number of carbonyl (C=O) groups excluding carboxylic acids is 1. The van der Waals surface area contributed by atoms with Gasteiger partial charge in [0.2, 0.25) is 0 Å². The van der Waals surface area contributed by atoms with Crippen LogP contribution in [0.2, 0.25) is 5.02 Å². The van der Waals surface area contributed by atoms with Gasteiger partial charge in [-0.05, 0) is 18.2 Å². The van der Waals surface area contributed by atoms with Crippen molar-refractivity contribution < 1.29 is 27.1 Å². The third-order valence-corrected chi connectivity index (χ3v) is 5.00. The van der Waals surface area contributed by atoms with Crippen molar-refractivity contribution >= 4 is 27.4 Å². The van der Waals surface area contributed by atoms with Crippen LogP contribution in [0.1, 0.15) is 13.8 Å². The first-order valence-corrected chi connectivity index (χ1v) is 8.93. The number of esters is 1. The van der Waals surface area contributed by atoms with Crippen molar-refractivity contribution in [2.45, 2.75) is 18.7 Å². The monoisotopic (exact) mass is 372 g/mol. The Kier molecular flexibility index (Phi) is 5.46. The minimum absolute atomic E-state index is 0.0150. The Balaban J connectivity index is 2.32. The van der Waals surface area contributed by atoms with E-state index in [0.29, 0.717) is 0 Å². The van der Waals surface area contributed by atoms with Gasteiger partial charge in [-0.3, -0.25) is 4.79 Å². The summed E-state index contributed by atoms with van der Waals surface area (Å²) in [5.74, 6) is -1.13. The van der Waals surface area contributed by atoms with Crippen molar-refractivity contribution in [2.24, 2.45) is 0 Å². The molecule has 0 N–H and O–H groups in total. The molecule has 24 heavy (non-hydrogen) atoms. The first-order valence-electron chi connectivity index (χ1n) is 6.90. The first kappa shape index (κ1) is 18.2. The van der Waals surface area contributed by atoms with Crippen molar-refractivity contribution in [3.8, 4) is 17.2 Å². The molecule has 128 valence electrons. The van der Waals surface area contributed by atoms with E-state index in [4.69, 9.17) is 21.1 Å². The van der Waals surface area contributed by atoms with E-state index in [1.54, 1.807) is 0 Å². The number of hydrogen-bond donors (Lipinski definition) is 0. The molecule has 0 saturated carbocycles. The predicted octanol–water partition coefficient (Wildman–Crippen LogP) is 3.99. The second-order valence-corrected chi connectivity index (χ2v) is 7.50. The van der Waals surface area contributed by atoms with Gasteiger partial charge in [-0.2, -0.15) is 0 Å². The average molecular weight is 373 g/mol. The van der Waals surface area contributed by atoms with Crippen LogP contribution in [0.25, 0.3) is 0 Å². The van der Waals surface area contributed by atoms with E-state index in [9.17, 15) is 17.6 Å². The maximum Gasteiger partial charge on any atom is 0.308 e. The smallest absolute Gasteiger partial charge is 0.308 e. The van der Waals surface area contributed by atoms with Crippen LogP contribution in [0.3, 0.4) is 0 Å². The molecule has 0 aliphatic rings. The summed E-state index contributed by atoms with van der Waals surface area (Å²) >= 11 is 6.04. The summed E-state index contributed by atoms with van der Waals surface area (Å²) in [6.07, 6.45) is 0. The van der Waals surface area contributed by atoms with Gasteiger partial charge in [-0.25, -0.2) is 12.8 Å². The summed E-state index contributed by atoms with van der Waals surface area (Å²) in [7, 11) is -3.39. The molecule has 0 aromatic heterocycles. The number of benzene rings is 2. The van der Waals surface area contributed by atoms with E-state index in [2.05, 4.69) is 0 Å². The van der Waals surface area contributed by atoms with Crippen LogP contribution in [-0.2, 0) is 14.6 Å². The topological polar surface area (TPSA) is 69.7 Å². The molecule has 0 aliphatic carbocycles. The predicted molar refractivity (Wildman–Crippen MR) is 87.0 cm³/mol. The van der Waals surface area contributed by atoms with E-state index in [0.717, 1.165) is 12.1 Å². The molecular formula is C16H14ClFO5S. The average Bonchev–Trinajstić information content (AvgIpc) is 2.48. The summed E-state index contributed by atoms with van der Waals surface area (Å²) < 4.78 is 47.5. The summed E-state index contributed by atoms with van der Waals surface area (Å²) in [6, 6.07) is 7.43. The Hall–Kier alpha value is -2.12. The third kappa shape index (κ3) is 4.46. The van der Waals surface area contributed by atoms with E-state index >= 15 is 0 Å². The van der Waals surface area contributed by atoms with Crippen LogP contribution in [0.4, 0.5) is 4.39 Å². The number of halogens is 2. The minimum atomic E-state index is -3.39. The molecule has 0 unspecified atom stereocenters. The van der Waals surface area contributed by atoms with Crippen LogP contribution in [0, 0.1) is 5.82 Å². The molecule has 0 spiro atoms. The van der Waals surface area contributed by atoms with Gasteiger partial charge >= 0.3 is 5.97 Å². The Morgan fingerprint density at radius 3 is 2.42 bits per heavy atom. The van der Waals surface area contributed by atoms with Crippen molar-refractivity contribution in [2.75, 3.05) is 5.75 Å². The SMILES string of the molecule is CCS(=O)(=O)c1ccc(Oc2cc(F)cc(OC(C)=O)c2)c(Cl)c1. The van der Waals surface area contributed by atoms with E-state index in [1.165, 1.54) is 38.1 Å². The second-order valence-electron chi connectivity index (χ2n) is 4.81. The molecule has 0 bridgehead atoms. The zero-order valence-electron chi connectivity index (χ0n) is 12.9. The largest absolute Gasteiger partial charge is 0.456 e. The van der Waals surface area contributed by atoms with Crippen molar-refractivity contribution in [1.82, 2.24) is 0 Å². The zero-order valence-corrected chi connectivity index (χ0v) is 14.4. The molecule has 2 aromatic carbocycles. The lowest BCUT2D eigenvalue weighted by atomic mass is 10.3. The van der Waals surface area contributed by atoms with Crippen molar-refractivity contribution in [3.63, 3.8) is 0 Å². The van der Waals surface area contributed by atoms with Gasteiger partial charge < -0.3 is 9.47 Å². The van der Waals surface area contributed by atoms with Gasteiger partial charge in [0, 0.05) is 25.1 Å². The Morgan fingerprint density at radius 2 is 1.83 bits per heavy atom. The van der Waals surface area contributed by atoms with E-state index in [1.807, 2.05) is 0 Å². The van der Waals surface area contributed by atoms with Gasteiger partial charge in [0.05, 0.1) is 15.7 Å². The highest BCUT2D eigenvalue weighted by Gasteiger charge is 2.15. The summed E-state index contributed by atoms with van der Waals surface area (Å²) in [4.78, 5) is 11.0. The molecule has 2 aromatic rings. The number of sulfone groups is 1. The molecule has 0 fully saturated rings. The van der Waals surface area contributed by atoms with Crippen LogP contribution in [-0.4, -0.2) is 20.1 Å². The highest BCUT2D eigenvalue weighted by molar-refractivity contribution is 7.91. The van der Waals surface area contributed by atoms with Gasteiger partial charge in [0.25, 0.3) is 0 Å². The second kappa shape index (κ2) is 7.19. The zero-order chi connectivity index (χ0) is 17.9. The summed E-state index contributed by atoms with van der Waals surface area (Å²) in [5, 5.41) is 0.0582. The number of rotatable bonds is 5. The third-order valence-electron chi connectivity index (χ3n) is 2.98. The fourth-order valence-electron chi connectivity index (χ4n) is 1.87. The van der Waals surface area contributed by atoms with Crippen LogP contribution >= 0.6 is 11.6 Å². The van der Waals surface area contributed by atoms with Crippen molar-refractivity contribution in [3.05, 3.63) is 47.2 Å². The highest BCUT2D eigenvalue weighted by Crippen LogP contribution is 2.33. The van der Waals surface area contributed by atoms with Crippen LogP contribution in [0.15, 0.2) is 41.3 Å². The Morgan fingerprint density at radius 1 is 1.17 bits per heavy atom. The first-order chi connectivity index (χ1) is 11.2. The van der Waals surface area contributed by atoms with E-state index < -0.39 is 21.6 Å². The van der Waals surface area contributed by atoms with Gasteiger partial charge in [-0.15, -0.1) is 0 Å². The Labute approximate surface area is 143 Å². The molecule has 2 rings (SSSR count). The Bertz CT molecular complexity index is 880. The number of hydrogen-bond acceptors (Lipinski definition) is 5. The molecule has 0 atom stereocenters. The maximum atomic E-state index is 13.6. The van der Waals surface area contributed by atoms with Crippen LogP contribution < -0.4 is 9.47 Å². The van der Waals surface area contributed by atoms with Crippen molar-refractivity contribution in [1.29, 1.82) is 0 Å².